The van der Waals surface area contributed by atoms with Crippen LogP contribution in [0.1, 0.15) is 55.4 Å². The largest absolute Gasteiger partial charge is 0.333 e. The van der Waals surface area contributed by atoms with Crippen LogP contribution in [0.4, 0.5) is 0 Å². The molecule has 1 atom stereocenters. The van der Waals surface area contributed by atoms with Crippen LogP contribution in [0, 0.1) is 0 Å². The molecule has 4 rings (SSSR count). The fourth-order valence-electron chi connectivity index (χ4n) is 3.53. The highest BCUT2D eigenvalue weighted by Gasteiger charge is 2.36. The van der Waals surface area contributed by atoms with Crippen LogP contribution in [-0.2, 0) is 17.8 Å². The SMILES string of the molecule is C[C@H]1C(=O)N(CCc2ccccc2)Cc2nnc(C3CCC3)n21. The van der Waals surface area contributed by atoms with Gasteiger partial charge in [-0.05, 0) is 31.7 Å². The summed E-state index contributed by atoms with van der Waals surface area (Å²) >= 11 is 0. The van der Waals surface area contributed by atoms with E-state index in [0.717, 1.165) is 24.6 Å². The van der Waals surface area contributed by atoms with Gasteiger partial charge >= 0.3 is 0 Å². The maximum absolute atomic E-state index is 12.7. The molecule has 0 bridgehead atoms. The summed E-state index contributed by atoms with van der Waals surface area (Å²) in [7, 11) is 0. The Morgan fingerprint density at radius 2 is 1.96 bits per heavy atom. The van der Waals surface area contributed by atoms with E-state index in [1.54, 1.807) is 0 Å². The Hall–Kier alpha value is -2.17. The highest BCUT2D eigenvalue weighted by Crippen LogP contribution is 2.37. The number of amides is 1. The number of rotatable bonds is 4. The van der Waals surface area contributed by atoms with Crippen LogP contribution in [-0.4, -0.2) is 32.1 Å². The van der Waals surface area contributed by atoms with Gasteiger partial charge < -0.3 is 9.47 Å². The lowest BCUT2D eigenvalue weighted by Crippen LogP contribution is -2.43. The first-order valence-corrected chi connectivity index (χ1v) is 8.50. The second-order valence-corrected chi connectivity index (χ2v) is 6.64. The summed E-state index contributed by atoms with van der Waals surface area (Å²) < 4.78 is 2.09. The van der Waals surface area contributed by atoms with Crippen molar-refractivity contribution in [2.45, 2.75) is 51.1 Å². The maximum Gasteiger partial charge on any atom is 0.245 e. The number of hydrogen-bond acceptors (Lipinski definition) is 3. The molecular formula is C18H22N4O. The molecule has 1 aromatic heterocycles. The molecule has 0 N–H and O–H groups in total. The number of benzene rings is 1. The number of hydrogen-bond donors (Lipinski definition) is 0. The summed E-state index contributed by atoms with van der Waals surface area (Å²) in [5.74, 6) is 2.65. The quantitative estimate of drug-likeness (QED) is 0.872. The van der Waals surface area contributed by atoms with E-state index in [-0.39, 0.29) is 11.9 Å². The first-order valence-electron chi connectivity index (χ1n) is 8.50. The van der Waals surface area contributed by atoms with E-state index in [1.165, 1.54) is 24.8 Å². The van der Waals surface area contributed by atoms with E-state index in [1.807, 2.05) is 30.0 Å². The van der Waals surface area contributed by atoms with Gasteiger partial charge in [0.1, 0.15) is 11.9 Å². The van der Waals surface area contributed by atoms with Crippen molar-refractivity contribution in [1.82, 2.24) is 19.7 Å². The highest BCUT2D eigenvalue weighted by atomic mass is 16.2. The Morgan fingerprint density at radius 3 is 2.65 bits per heavy atom. The molecule has 0 unspecified atom stereocenters. The standard InChI is InChI=1S/C18H22N4O/c1-13-18(23)21(11-10-14-6-3-2-4-7-14)12-16-19-20-17(22(13)16)15-8-5-9-15/h2-4,6-7,13,15H,5,8-12H2,1H3/t13-/m0/s1. The minimum absolute atomic E-state index is 0.180. The smallest absolute Gasteiger partial charge is 0.245 e. The predicted molar refractivity (Wildman–Crippen MR) is 86.9 cm³/mol. The van der Waals surface area contributed by atoms with E-state index >= 15 is 0 Å². The summed E-state index contributed by atoms with van der Waals surface area (Å²) in [4.78, 5) is 14.7. The summed E-state index contributed by atoms with van der Waals surface area (Å²) in [6, 6.07) is 10.1. The van der Waals surface area contributed by atoms with Crippen molar-refractivity contribution in [2.24, 2.45) is 0 Å². The van der Waals surface area contributed by atoms with Crippen molar-refractivity contribution < 1.29 is 4.79 Å². The van der Waals surface area contributed by atoms with Gasteiger partial charge in [0, 0.05) is 12.5 Å². The lowest BCUT2D eigenvalue weighted by molar-refractivity contribution is -0.137. The molecule has 2 heterocycles. The van der Waals surface area contributed by atoms with Gasteiger partial charge in [-0.15, -0.1) is 10.2 Å². The first-order chi connectivity index (χ1) is 11.2. The van der Waals surface area contributed by atoms with E-state index in [4.69, 9.17) is 0 Å². The predicted octanol–water partition coefficient (Wildman–Crippen LogP) is 2.69. The van der Waals surface area contributed by atoms with Gasteiger partial charge in [0.05, 0.1) is 6.54 Å². The summed E-state index contributed by atoms with van der Waals surface area (Å²) in [5, 5.41) is 8.76. The molecule has 2 aromatic rings. The van der Waals surface area contributed by atoms with Crippen LogP contribution < -0.4 is 0 Å². The number of nitrogens with zero attached hydrogens (tertiary/aromatic N) is 4. The van der Waals surface area contributed by atoms with Gasteiger partial charge in [0.2, 0.25) is 5.91 Å². The highest BCUT2D eigenvalue weighted by molar-refractivity contribution is 5.81. The zero-order valence-corrected chi connectivity index (χ0v) is 13.5. The molecule has 1 amide bonds. The Morgan fingerprint density at radius 1 is 1.17 bits per heavy atom. The van der Waals surface area contributed by atoms with Crippen LogP contribution in [0.15, 0.2) is 30.3 Å². The zero-order chi connectivity index (χ0) is 15.8. The van der Waals surface area contributed by atoms with Gasteiger partial charge in [0.25, 0.3) is 0 Å². The number of fused-ring (bicyclic) bond motifs is 1. The molecule has 5 heteroatoms. The fourth-order valence-corrected chi connectivity index (χ4v) is 3.53. The molecule has 2 aliphatic rings. The second-order valence-electron chi connectivity index (χ2n) is 6.64. The monoisotopic (exact) mass is 310 g/mol. The minimum atomic E-state index is -0.180. The number of aromatic nitrogens is 3. The van der Waals surface area contributed by atoms with Crippen LogP contribution >= 0.6 is 0 Å². The fraction of sp³-hybridized carbons (Fsp3) is 0.500. The number of carbonyl (C=O) groups excluding carboxylic acids is 1. The van der Waals surface area contributed by atoms with Crippen LogP contribution in [0.5, 0.6) is 0 Å². The molecule has 5 nitrogen and oxygen atoms in total. The molecule has 1 fully saturated rings. The van der Waals surface area contributed by atoms with E-state index in [9.17, 15) is 4.79 Å². The molecular weight excluding hydrogens is 288 g/mol. The molecule has 0 spiro atoms. The molecule has 120 valence electrons. The van der Waals surface area contributed by atoms with Gasteiger partial charge in [-0.3, -0.25) is 4.79 Å². The summed E-state index contributed by atoms with van der Waals surface area (Å²) in [6.07, 6.45) is 4.49. The molecule has 0 saturated heterocycles. The van der Waals surface area contributed by atoms with Crippen molar-refractivity contribution in [3.8, 4) is 0 Å². The lowest BCUT2D eigenvalue weighted by Gasteiger charge is -2.34. The van der Waals surface area contributed by atoms with Crippen molar-refractivity contribution in [3.63, 3.8) is 0 Å². The lowest BCUT2D eigenvalue weighted by atomic mass is 9.84. The molecule has 1 saturated carbocycles. The van der Waals surface area contributed by atoms with Crippen LogP contribution in [0.3, 0.4) is 0 Å². The topological polar surface area (TPSA) is 51.0 Å². The van der Waals surface area contributed by atoms with Crippen molar-refractivity contribution >= 4 is 5.91 Å². The summed E-state index contributed by atoms with van der Waals surface area (Å²) in [5.41, 5.74) is 1.26. The molecule has 0 radical (unpaired) electrons. The van der Waals surface area contributed by atoms with Crippen LogP contribution in [0.2, 0.25) is 0 Å². The van der Waals surface area contributed by atoms with E-state index in [2.05, 4.69) is 26.9 Å². The molecule has 1 aromatic carbocycles. The Kier molecular flexibility index (Phi) is 3.63. The Bertz CT molecular complexity index is 705. The molecule has 23 heavy (non-hydrogen) atoms. The average Bonchev–Trinajstić information content (AvgIpc) is 2.92. The molecule has 1 aliphatic heterocycles. The van der Waals surface area contributed by atoms with E-state index < -0.39 is 0 Å². The minimum Gasteiger partial charge on any atom is -0.333 e. The second kappa shape index (κ2) is 5.80. The van der Waals surface area contributed by atoms with Crippen LogP contribution in [0.25, 0.3) is 0 Å². The van der Waals surface area contributed by atoms with Gasteiger partial charge in [0.15, 0.2) is 5.82 Å². The van der Waals surface area contributed by atoms with Gasteiger partial charge in [-0.2, -0.15) is 0 Å². The summed E-state index contributed by atoms with van der Waals surface area (Å²) in [6.45, 7) is 3.29. The van der Waals surface area contributed by atoms with E-state index in [0.29, 0.717) is 12.5 Å². The Balaban J connectivity index is 1.51. The third-order valence-electron chi connectivity index (χ3n) is 5.16. The zero-order valence-electron chi connectivity index (χ0n) is 13.5. The third kappa shape index (κ3) is 2.54. The average molecular weight is 310 g/mol. The van der Waals surface area contributed by atoms with Gasteiger partial charge in [-0.25, -0.2) is 0 Å². The number of carbonyl (C=O) groups is 1. The van der Waals surface area contributed by atoms with Crippen molar-refractivity contribution in [1.29, 1.82) is 0 Å². The third-order valence-corrected chi connectivity index (χ3v) is 5.16. The molecule has 1 aliphatic carbocycles. The van der Waals surface area contributed by atoms with Gasteiger partial charge in [-0.1, -0.05) is 36.8 Å². The normalized spacial score (nSPS) is 21.2. The van der Waals surface area contributed by atoms with Crippen molar-refractivity contribution in [3.05, 3.63) is 47.5 Å². The van der Waals surface area contributed by atoms with Crippen molar-refractivity contribution in [2.75, 3.05) is 6.54 Å². The maximum atomic E-state index is 12.7. The Labute approximate surface area is 136 Å². The first kappa shape index (κ1) is 14.4.